The normalized spacial score (nSPS) is 10.9. The summed E-state index contributed by atoms with van der Waals surface area (Å²) in [5.74, 6) is 0. The number of benzene rings is 2. The van der Waals surface area contributed by atoms with Gasteiger partial charge in [0.2, 0.25) is 0 Å². The fraction of sp³-hybridized carbons (Fsp3) is 0.263. The smallest absolute Gasteiger partial charge is 0.104 e. The Kier molecular flexibility index (Phi) is 4.83. The molecule has 2 N–H and O–H groups in total. The van der Waals surface area contributed by atoms with Crippen LogP contribution in [0.25, 0.3) is 11.3 Å². The average molecular weight is 306 g/mol. The van der Waals surface area contributed by atoms with E-state index in [0.29, 0.717) is 6.54 Å². The Morgan fingerprint density at radius 3 is 2.48 bits per heavy atom. The molecule has 0 bridgehead atoms. The molecule has 0 atom stereocenters. The zero-order valence-electron chi connectivity index (χ0n) is 13.4. The summed E-state index contributed by atoms with van der Waals surface area (Å²) in [6.45, 7) is 3.35. The molecular formula is C19H22N4. The van der Waals surface area contributed by atoms with E-state index in [-0.39, 0.29) is 0 Å². The summed E-state index contributed by atoms with van der Waals surface area (Å²) in [4.78, 5) is 0. The molecule has 0 saturated heterocycles. The molecule has 3 aromatic rings. The van der Waals surface area contributed by atoms with Gasteiger partial charge in [0.25, 0.3) is 0 Å². The van der Waals surface area contributed by atoms with Crippen LogP contribution in [-0.2, 0) is 19.5 Å². The van der Waals surface area contributed by atoms with Gasteiger partial charge in [-0.3, -0.25) is 0 Å². The number of nitrogens with two attached hydrogens (primary N) is 1. The van der Waals surface area contributed by atoms with Crippen molar-refractivity contribution in [3.8, 4) is 11.3 Å². The summed E-state index contributed by atoms with van der Waals surface area (Å²) in [7, 11) is 0. The highest BCUT2D eigenvalue weighted by Crippen LogP contribution is 2.25. The highest BCUT2D eigenvalue weighted by atomic mass is 15.4. The van der Waals surface area contributed by atoms with Crippen LogP contribution in [0.4, 0.5) is 0 Å². The van der Waals surface area contributed by atoms with E-state index in [1.54, 1.807) is 0 Å². The lowest BCUT2D eigenvalue weighted by molar-refractivity contribution is 0.563. The van der Waals surface area contributed by atoms with Gasteiger partial charge in [0, 0.05) is 18.7 Å². The van der Waals surface area contributed by atoms with Crippen molar-refractivity contribution in [1.29, 1.82) is 0 Å². The zero-order valence-corrected chi connectivity index (χ0v) is 13.4. The second-order valence-electron chi connectivity index (χ2n) is 5.72. The molecule has 1 aromatic heterocycles. The third-order valence-corrected chi connectivity index (χ3v) is 4.08. The van der Waals surface area contributed by atoms with Gasteiger partial charge in [-0.2, -0.15) is 0 Å². The van der Waals surface area contributed by atoms with Gasteiger partial charge in [-0.25, -0.2) is 4.68 Å². The number of aromatic nitrogens is 3. The molecular weight excluding hydrogens is 284 g/mol. The van der Waals surface area contributed by atoms with E-state index in [1.807, 2.05) is 22.9 Å². The van der Waals surface area contributed by atoms with Crippen molar-refractivity contribution >= 4 is 0 Å². The first-order valence-electron chi connectivity index (χ1n) is 8.02. The predicted octanol–water partition coefficient (Wildman–Crippen LogP) is 3.35. The summed E-state index contributed by atoms with van der Waals surface area (Å²) < 4.78 is 1.99. The van der Waals surface area contributed by atoms with Crippen LogP contribution in [0.15, 0.2) is 54.6 Å². The molecule has 1 heterocycles. The van der Waals surface area contributed by atoms with Gasteiger partial charge < -0.3 is 5.73 Å². The van der Waals surface area contributed by atoms with Crippen LogP contribution in [0.1, 0.15) is 23.2 Å². The molecule has 4 nitrogen and oxygen atoms in total. The van der Waals surface area contributed by atoms with E-state index < -0.39 is 0 Å². The van der Waals surface area contributed by atoms with Crippen molar-refractivity contribution in [2.24, 2.45) is 5.73 Å². The summed E-state index contributed by atoms with van der Waals surface area (Å²) >= 11 is 0. The molecule has 0 aliphatic carbocycles. The van der Waals surface area contributed by atoms with Gasteiger partial charge in [-0.1, -0.05) is 59.8 Å². The van der Waals surface area contributed by atoms with Crippen LogP contribution in [0.3, 0.4) is 0 Å². The van der Waals surface area contributed by atoms with Crippen molar-refractivity contribution < 1.29 is 0 Å². The van der Waals surface area contributed by atoms with Crippen LogP contribution >= 0.6 is 0 Å². The third kappa shape index (κ3) is 3.48. The monoisotopic (exact) mass is 306 g/mol. The molecule has 0 amide bonds. The van der Waals surface area contributed by atoms with Crippen LogP contribution in [0, 0.1) is 6.92 Å². The molecule has 23 heavy (non-hydrogen) atoms. The van der Waals surface area contributed by atoms with Crippen molar-refractivity contribution in [2.45, 2.75) is 32.9 Å². The standard InChI is InChI=1S/C19H22N4/c1-15-8-5-6-12-17(15)19-18(14-20)21-22-23(19)13-7-11-16-9-3-2-4-10-16/h2-6,8-10,12H,7,11,13-14,20H2,1H3. The number of hydrogen-bond donors (Lipinski definition) is 1. The number of nitrogens with zero attached hydrogens (tertiary/aromatic N) is 3. The Morgan fingerprint density at radius 2 is 1.74 bits per heavy atom. The second kappa shape index (κ2) is 7.20. The van der Waals surface area contributed by atoms with E-state index in [2.05, 4.69) is 53.6 Å². The summed E-state index contributed by atoms with van der Waals surface area (Å²) in [5, 5.41) is 8.59. The molecule has 0 spiro atoms. The molecule has 118 valence electrons. The van der Waals surface area contributed by atoms with Crippen LogP contribution in [0.2, 0.25) is 0 Å². The number of rotatable bonds is 6. The highest BCUT2D eigenvalue weighted by Gasteiger charge is 2.15. The fourth-order valence-corrected chi connectivity index (χ4v) is 2.85. The molecule has 4 heteroatoms. The molecule has 0 radical (unpaired) electrons. The minimum absolute atomic E-state index is 0.405. The van der Waals surface area contributed by atoms with Crippen LogP contribution in [0.5, 0.6) is 0 Å². The van der Waals surface area contributed by atoms with Crippen molar-refractivity contribution in [3.63, 3.8) is 0 Å². The first kappa shape index (κ1) is 15.4. The van der Waals surface area contributed by atoms with E-state index in [9.17, 15) is 0 Å². The third-order valence-electron chi connectivity index (χ3n) is 4.08. The Hall–Kier alpha value is -2.46. The highest BCUT2D eigenvalue weighted by molar-refractivity contribution is 5.65. The van der Waals surface area contributed by atoms with E-state index in [1.165, 1.54) is 11.1 Å². The molecule has 3 rings (SSSR count). The lowest BCUT2D eigenvalue weighted by atomic mass is 10.0. The first-order chi connectivity index (χ1) is 11.3. The average Bonchev–Trinajstić information content (AvgIpc) is 2.99. The lowest BCUT2D eigenvalue weighted by Crippen LogP contribution is -2.06. The fourth-order valence-electron chi connectivity index (χ4n) is 2.85. The minimum atomic E-state index is 0.405. The van der Waals surface area contributed by atoms with Gasteiger partial charge in [-0.15, -0.1) is 5.10 Å². The second-order valence-corrected chi connectivity index (χ2v) is 5.72. The maximum Gasteiger partial charge on any atom is 0.104 e. The summed E-state index contributed by atoms with van der Waals surface area (Å²) in [5.41, 5.74) is 11.5. The Morgan fingerprint density at radius 1 is 1.00 bits per heavy atom. The molecule has 0 aliphatic rings. The van der Waals surface area contributed by atoms with Gasteiger partial charge in [0.05, 0.1) is 5.69 Å². The Bertz CT molecular complexity index is 762. The Balaban J connectivity index is 1.80. The van der Waals surface area contributed by atoms with Gasteiger partial charge in [0.15, 0.2) is 0 Å². The van der Waals surface area contributed by atoms with E-state index >= 15 is 0 Å². The van der Waals surface area contributed by atoms with Gasteiger partial charge >= 0.3 is 0 Å². The van der Waals surface area contributed by atoms with E-state index in [4.69, 9.17) is 5.73 Å². The maximum atomic E-state index is 5.86. The van der Waals surface area contributed by atoms with Crippen LogP contribution in [-0.4, -0.2) is 15.0 Å². The van der Waals surface area contributed by atoms with Crippen molar-refractivity contribution in [3.05, 3.63) is 71.4 Å². The first-order valence-corrected chi connectivity index (χ1v) is 8.02. The Labute approximate surface area is 137 Å². The largest absolute Gasteiger partial charge is 0.325 e. The minimum Gasteiger partial charge on any atom is -0.325 e. The zero-order chi connectivity index (χ0) is 16.1. The lowest BCUT2D eigenvalue weighted by Gasteiger charge is -2.10. The van der Waals surface area contributed by atoms with Crippen LogP contribution < -0.4 is 5.73 Å². The number of aryl methyl sites for hydroxylation is 3. The SMILES string of the molecule is Cc1ccccc1-c1c(CN)nnn1CCCc1ccccc1. The van der Waals surface area contributed by atoms with Gasteiger partial charge in [-0.05, 0) is 30.9 Å². The topological polar surface area (TPSA) is 56.7 Å². The molecule has 0 unspecified atom stereocenters. The summed E-state index contributed by atoms with van der Waals surface area (Å²) in [6, 6.07) is 18.8. The van der Waals surface area contributed by atoms with Gasteiger partial charge in [0.1, 0.15) is 5.69 Å². The number of hydrogen-bond acceptors (Lipinski definition) is 3. The molecule has 0 fully saturated rings. The van der Waals surface area contributed by atoms with E-state index in [0.717, 1.165) is 36.3 Å². The predicted molar refractivity (Wildman–Crippen MR) is 92.8 cm³/mol. The molecule has 0 saturated carbocycles. The molecule has 2 aromatic carbocycles. The summed E-state index contributed by atoms with van der Waals surface area (Å²) in [6.07, 6.45) is 2.06. The molecule has 0 aliphatic heterocycles. The maximum absolute atomic E-state index is 5.86. The van der Waals surface area contributed by atoms with Crippen molar-refractivity contribution in [2.75, 3.05) is 0 Å². The quantitative estimate of drug-likeness (QED) is 0.760. The van der Waals surface area contributed by atoms with Crippen molar-refractivity contribution in [1.82, 2.24) is 15.0 Å².